The van der Waals surface area contributed by atoms with E-state index in [-0.39, 0.29) is 11.9 Å². The predicted molar refractivity (Wildman–Crippen MR) is 110 cm³/mol. The van der Waals surface area contributed by atoms with E-state index in [1.165, 1.54) is 24.9 Å². The van der Waals surface area contributed by atoms with Crippen molar-refractivity contribution in [2.24, 2.45) is 0 Å². The largest absolute Gasteiger partial charge is 0.496 e. The predicted octanol–water partition coefficient (Wildman–Crippen LogP) is 4.41. The van der Waals surface area contributed by atoms with E-state index >= 15 is 0 Å². The number of amides is 1. The van der Waals surface area contributed by atoms with E-state index in [1.807, 2.05) is 32.0 Å². The van der Waals surface area contributed by atoms with Crippen LogP contribution in [0.2, 0.25) is 0 Å². The molecule has 144 valence electrons. The molecular formula is C23H30N2O2. The molecule has 1 amide bonds. The van der Waals surface area contributed by atoms with Gasteiger partial charge in [0.15, 0.2) is 0 Å². The Hall–Kier alpha value is -2.49. The normalized spacial score (nSPS) is 15.3. The zero-order valence-electron chi connectivity index (χ0n) is 16.6. The number of benzene rings is 2. The number of nitrogens with zero attached hydrogens (tertiary/aromatic N) is 1. The molecule has 1 atom stereocenters. The Kier molecular flexibility index (Phi) is 6.38. The first kappa shape index (κ1) is 19.3. The van der Waals surface area contributed by atoms with E-state index in [0.29, 0.717) is 6.42 Å². The van der Waals surface area contributed by atoms with Gasteiger partial charge in [0.1, 0.15) is 5.75 Å². The molecule has 4 heteroatoms. The highest BCUT2D eigenvalue weighted by atomic mass is 16.5. The summed E-state index contributed by atoms with van der Waals surface area (Å²) in [6, 6.07) is 14.5. The summed E-state index contributed by atoms with van der Waals surface area (Å²) in [6.07, 6.45) is 4.27. The van der Waals surface area contributed by atoms with Crippen molar-refractivity contribution in [1.82, 2.24) is 5.32 Å². The number of rotatable bonds is 6. The smallest absolute Gasteiger partial charge is 0.224 e. The molecule has 27 heavy (non-hydrogen) atoms. The van der Waals surface area contributed by atoms with Crippen molar-refractivity contribution in [2.75, 3.05) is 25.1 Å². The maximum absolute atomic E-state index is 12.4. The van der Waals surface area contributed by atoms with Gasteiger partial charge in [-0.3, -0.25) is 4.79 Å². The van der Waals surface area contributed by atoms with Gasteiger partial charge in [-0.25, -0.2) is 0 Å². The van der Waals surface area contributed by atoms with Crippen molar-refractivity contribution in [1.29, 1.82) is 0 Å². The van der Waals surface area contributed by atoms with Crippen LogP contribution < -0.4 is 15.0 Å². The minimum Gasteiger partial charge on any atom is -0.496 e. The van der Waals surface area contributed by atoms with Crippen molar-refractivity contribution in [3.8, 4) is 5.75 Å². The van der Waals surface area contributed by atoms with Crippen LogP contribution in [0.15, 0.2) is 42.5 Å². The van der Waals surface area contributed by atoms with Crippen LogP contribution in [0.4, 0.5) is 5.69 Å². The lowest BCUT2D eigenvalue weighted by Gasteiger charge is -2.29. The summed E-state index contributed by atoms with van der Waals surface area (Å²) in [5.74, 6) is 0.883. The number of ether oxygens (including phenoxy) is 1. The SMILES string of the molecule is COc1ccc(CC(=O)N[C@H](C)c2ccc(N3CCCCC3)cc2)cc1C. The van der Waals surface area contributed by atoms with Crippen LogP contribution in [-0.2, 0) is 11.2 Å². The monoisotopic (exact) mass is 366 g/mol. The average molecular weight is 367 g/mol. The van der Waals surface area contributed by atoms with Gasteiger partial charge in [-0.2, -0.15) is 0 Å². The van der Waals surface area contributed by atoms with Crippen molar-refractivity contribution in [3.05, 3.63) is 59.2 Å². The number of hydrogen-bond acceptors (Lipinski definition) is 3. The molecule has 0 aromatic heterocycles. The number of nitrogens with one attached hydrogen (secondary N) is 1. The molecule has 1 aliphatic rings. The molecule has 4 nitrogen and oxygen atoms in total. The minimum atomic E-state index is -0.00717. The summed E-state index contributed by atoms with van der Waals surface area (Å²) in [5, 5.41) is 3.11. The highest BCUT2D eigenvalue weighted by Gasteiger charge is 2.13. The third kappa shape index (κ3) is 5.03. The third-order valence-corrected chi connectivity index (χ3v) is 5.32. The second-order valence-corrected chi connectivity index (χ2v) is 7.41. The van der Waals surface area contributed by atoms with Crippen LogP contribution in [0.1, 0.15) is 48.9 Å². The van der Waals surface area contributed by atoms with Gasteiger partial charge in [0.2, 0.25) is 5.91 Å². The molecule has 2 aromatic rings. The van der Waals surface area contributed by atoms with Gasteiger partial charge in [-0.15, -0.1) is 0 Å². The van der Waals surface area contributed by atoms with E-state index in [2.05, 4.69) is 34.5 Å². The number of anilines is 1. The summed E-state index contributed by atoms with van der Waals surface area (Å²) in [5.41, 5.74) is 4.46. The fourth-order valence-corrected chi connectivity index (χ4v) is 3.74. The molecule has 0 bridgehead atoms. The Balaban J connectivity index is 1.56. The summed E-state index contributed by atoms with van der Waals surface area (Å²) >= 11 is 0. The van der Waals surface area contributed by atoms with E-state index in [4.69, 9.17) is 4.74 Å². The molecule has 0 aliphatic carbocycles. The van der Waals surface area contributed by atoms with Gasteiger partial charge in [-0.1, -0.05) is 24.3 Å². The number of piperidine rings is 1. The lowest BCUT2D eigenvalue weighted by molar-refractivity contribution is -0.121. The van der Waals surface area contributed by atoms with Gasteiger partial charge in [0.05, 0.1) is 19.6 Å². The van der Waals surface area contributed by atoms with Gasteiger partial charge in [0, 0.05) is 18.8 Å². The van der Waals surface area contributed by atoms with Crippen LogP contribution in [-0.4, -0.2) is 26.1 Å². The summed E-state index contributed by atoms with van der Waals surface area (Å²) in [4.78, 5) is 14.9. The second-order valence-electron chi connectivity index (χ2n) is 7.41. The van der Waals surface area contributed by atoms with Gasteiger partial charge >= 0.3 is 0 Å². The Morgan fingerprint density at radius 3 is 2.44 bits per heavy atom. The lowest BCUT2D eigenvalue weighted by Crippen LogP contribution is -2.30. The fourth-order valence-electron chi connectivity index (χ4n) is 3.74. The van der Waals surface area contributed by atoms with Crippen LogP contribution in [0, 0.1) is 6.92 Å². The highest BCUT2D eigenvalue weighted by molar-refractivity contribution is 5.79. The van der Waals surface area contributed by atoms with Gasteiger partial charge in [0.25, 0.3) is 0 Å². The molecule has 0 saturated carbocycles. The van der Waals surface area contributed by atoms with Crippen LogP contribution >= 0.6 is 0 Å². The lowest BCUT2D eigenvalue weighted by atomic mass is 10.0. The van der Waals surface area contributed by atoms with Crippen molar-refractivity contribution < 1.29 is 9.53 Å². The zero-order chi connectivity index (χ0) is 19.2. The van der Waals surface area contributed by atoms with Crippen molar-refractivity contribution in [2.45, 2.75) is 45.6 Å². The Morgan fingerprint density at radius 1 is 1.11 bits per heavy atom. The first-order valence-corrected chi connectivity index (χ1v) is 9.84. The molecule has 1 heterocycles. The molecule has 3 rings (SSSR count). The zero-order valence-corrected chi connectivity index (χ0v) is 16.6. The number of hydrogen-bond donors (Lipinski definition) is 1. The Bertz CT molecular complexity index is 764. The second kappa shape index (κ2) is 8.94. The van der Waals surface area contributed by atoms with E-state index in [0.717, 1.165) is 35.5 Å². The third-order valence-electron chi connectivity index (χ3n) is 5.32. The Morgan fingerprint density at radius 2 is 1.81 bits per heavy atom. The van der Waals surface area contributed by atoms with Gasteiger partial charge < -0.3 is 15.0 Å². The number of carbonyl (C=O) groups is 1. The van der Waals surface area contributed by atoms with Crippen LogP contribution in [0.3, 0.4) is 0 Å². The average Bonchev–Trinajstić information content (AvgIpc) is 2.69. The molecule has 2 aromatic carbocycles. The molecule has 1 saturated heterocycles. The quantitative estimate of drug-likeness (QED) is 0.823. The molecule has 0 unspecified atom stereocenters. The van der Waals surface area contributed by atoms with E-state index < -0.39 is 0 Å². The minimum absolute atomic E-state index is 0.00717. The molecule has 1 fully saturated rings. The molecule has 1 aliphatic heterocycles. The first-order chi connectivity index (χ1) is 13.1. The van der Waals surface area contributed by atoms with E-state index in [9.17, 15) is 4.79 Å². The number of carbonyl (C=O) groups excluding carboxylic acids is 1. The molecular weight excluding hydrogens is 336 g/mol. The first-order valence-electron chi connectivity index (χ1n) is 9.84. The maximum Gasteiger partial charge on any atom is 0.224 e. The standard InChI is InChI=1S/C23H30N2O2/c1-17-15-19(7-12-22(17)27-3)16-23(26)24-18(2)20-8-10-21(11-9-20)25-13-5-4-6-14-25/h7-12,15,18H,4-6,13-14,16H2,1-3H3,(H,24,26)/t18-/m1/s1. The summed E-state index contributed by atoms with van der Waals surface area (Å²) in [6.45, 7) is 6.32. The Labute approximate surface area is 162 Å². The molecule has 1 N–H and O–H groups in total. The van der Waals surface area contributed by atoms with Crippen LogP contribution in [0.25, 0.3) is 0 Å². The molecule has 0 spiro atoms. The van der Waals surface area contributed by atoms with Crippen LogP contribution in [0.5, 0.6) is 5.75 Å². The fraction of sp³-hybridized carbons (Fsp3) is 0.435. The van der Waals surface area contributed by atoms with Crippen molar-refractivity contribution >= 4 is 11.6 Å². The molecule has 0 radical (unpaired) electrons. The maximum atomic E-state index is 12.4. The number of methoxy groups -OCH3 is 1. The topological polar surface area (TPSA) is 41.6 Å². The van der Waals surface area contributed by atoms with E-state index in [1.54, 1.807) is 7.11 Å². The van der Waals surface area contributed by atoms with Gasteiger partial charge in [-0.05, 0) is 68.0 Å². The summed E-state index contributed by atoms with van der Waals surface area (Å²) in [7, 11) is 1.66. The highest BCUT2D eigenvalue weighted by Crippen LogP contribution is 2.23. The summed E-state index contributed by atoms with van der Waals surface area (Å²) < 4.78 is 5.28. The van der Waals surface area contributed by atoms with Crippen molar-refractivity contribution in [3.63, 3.8) is 0 Å². The number of aryl methyl sites for hydroxylation is 1.